The van der Waals surface area contributed by atoms with Crippen LogP contribution in [0.4, 0.5) is 14.8 Å². The largest absolute Gasteiger partial charge is 0.424 e. The maximum Gasteiger partial charge on any atom is 0.295 e. The van der Waals surface area contributed by atoms with E-state index in [1.165, 1.54) is 12.4 Å². The molecule has 4 aromatic rings. The summed E-state index contributed by atoms with van der Waals surface area (Å²) in [5.41, 5.74) is 0.981. The van der Waals surface area contributed by atoms with Gasteiger partial charge in [0.15, 0.2) is 11.4 Å². The number of aromatic nitrogens is 3. The third-order valence-electron chi connectivity index (χ3n) is 6.26. The molecule has 1 fully saturated rings. The van der Waals surface area contributed by atoms with E-state index in [4.69, 9.17) is 16.0 Å². The standard InChI is InChI=1S/C25H22ClF2N5O2/c1-14-4-2-9-33(20(14)13-31-25-32-19-6-5-15(26)10-21(19)35-25)24(34)22-17(11-16(27)12-18(22)28)23-29-7-3-8-30-23/h3,5-8,10-12,14,20H,2,4,9,13H2,1H3,(H,31,32). The molecule has 3 heterocycles. The number of rotatable bonds is 5. The topological polar surface area (TPSA) is 84.2 Å². The summed E-state index contributed by atoms with van der Waals surface area (Å²) in [6.07, 6.45) is 4.59. The highest BCUT2D eigenvalue weighted by molar-refractivity contribution is 6.31. The molecular weight excluding hydrogens is 476 g/mol. The zero-order valence-electron chi connectivity index (χ0n) is 18.8. The molecule has 2 unspecified atom stereocenters. The summed E-state index contributed by atoms with van der Waals surface area (Å²) in [6.45, 7) is 2.82. The molecule has 2 atom stereocenters. The average Bonchev–Trinajstić information content (AvgIpc) is 3.25. The minimum Gasteiger partial charge on any atom is -0.424 e. The summed E-state index contributed by atoms with van der Waals surface area (Å²) in [7, 11) is 0. The molecule has 2 aromatic heterocycles. The highest BCUT2D eigenvalue weighted by atomic mass is 35.5. The Morgan fingerprint density at radius 2 is 2.03 bits per heavy atom. The first kappa shape index (κ1) is 23.2. The molecule has 1 aliphatic heterocycles. The molecule has 0 bridgehead atoms. The Balaban J connectivity index is 1.44. The van der Waals surface area contributed by atoms with E-state index in [0.717, 1.165) is 18.9 Å². The van der Waals surface area contributed by atoms with Crippen LogP contribution in [0.1, 0.15) is 30.1 Å². The fourth-order valence-electron chi connectivity index (χ4n) is 4.53. The molecule has 35 heavy (non-hydrogen) atoms. The van der Waals surface area contributed by atoms with E-state index in [9.17, 15) is 9.18 Å². The fourth-order valence-corrected chi connectivity index (χ4v) is 4.69. The Bertz CT molecular complexity index is 1380. The Morgan fingerprint density at radius 1 is 1.23 bits per heavy atom. The highest BCUT2D eigenvalue weighted by Gasteiger charge is 2.35. The van der Waals surface area contributed by atoms with Crippen LogP contribution in [0.15, 0.2) is 53.2 Å². The van der Waals surface area contributed by atoms with Gasteiger partial charge in [0.25, 0.3) is 11.9 Å². The normalized spacial score (nSPS) is 18.1. The van der Waals surface area contributed by atoms with Crippen molar-refractivity contribution in [3.05, 3.63) is 71.0 Å². The number of carbonyl (C=O) groups excluding carboxylic acids is 1. The van der Waals surface area contributed by atoms with E-state index in [0.29, 0.717) is 41.3 Å². The molecule has 2 aromatic carbocycles. The number of amides is 1. The van der Waals surface area contributed by atoms with Crippen molar-refractivity contribution >= 4 is 34.6 Å². The molecule has 0 saturated carbocycles. The molecule has 1 N–H and O–H groups in total. The van der Waals surface area contributed by atoms with E-state index >= 15 is 4.39 Å². The van der Waals surface area contributed by atoms with Crippen molar-refractivity contribution in [1.82, 2.24) is 19.9 Å². The SMILES string of the molecule is CC1CCCN(C(=O)c2c(F)cc(F)cc2-c2ncccn2)C1CNc1nc2ccc(Cl)cc2o1. The molecule has 5 rings (SSSR count). The van der Waals surface area contributed by atoms with Crippen molar-refractivity contribution in [1.29, 1.82) is 0 Å². The lowest BCUT2D eigenvalue weighted by Gasteiger charge is -2.40. The third kappa shape index (κ3) is 4.68. The number of halogens is 3. The van der Waals surface area contributed by atoms with Gasteiger partial charge in [0.05, 0.1) is 11.6 Å². The summed E-state index contributed by atoms with van der Waals surface area (Å²) in [4.78, 5) is 27.9. The van der Waals surface area contributed by atoms with E-state index in [-0.39, 0.29) is 28.9 Å². The fraction of sp³-hybridized carbons (Fsp3) is 0.280. The van der Waals surface area contributed by atoms with Gasteiger partial charge in [0.1, 0.15) is 17.2 Å². The molecule has 180 valence electrons. The molecule has 10 heteroatoms. The Labute approximate surface area is 205 Å². The van der Waals surface area contributed by atoms with Crippen LogP contribution in [0.25, 0.3) is 22.5 Å². The van der Waals surface area contributed by atoms with Crippen LogP contribution in [-0.4, -0.2) is 44.9 Å². The highest BCUT2D eigenvalue weighted by Crippen LogP contribution is 2.31. The number of hydrogen-bond acceptors (Lipinski definition) is 6. The second kappa shape index (κ2) is 9.58. The predicted molar refractivity (Wildman–Crippen MR) is 128 cm³/mol. The van der Waals surface area contributed by atoms with Crippen molar-refractivity contribution in [2.45, 2.75) is 25.8 Å². The second-order valence-electron chi connectivity index (χ2n) is 8.58. The van der Waals surface area contributed by atoms with Gasteiger partial charge in [-0.2, -0.15) is 4.98 Å². The number of anilines is 1. The summed E-state index contributed by atoms with van der Waals surface area (Å²) < 4.78 is 34.9. The number of oxazole rings is 1. The van der Waals surface area contributed by atoms with Gasteiger partial charge in [-0.25, -0.2) is 18.7 Å². The molecule has 7 nitrogen and oxygen atoms in total. The zero-order valence-corrected chi connectivity index (χ0v) is 19.6. The molecule has 0 spiro atoms. The minimum absolute atomic E-state index is 0.0221. The van der Waals surface area contributed by atoms with Gasteiger partial charge >= 0.3 is 0 Å². The van der Waals surface area contributed by atoms with Crippen LogP contribution in [0.3, 0.4) is 0 Å². The lowest BCUT2D eigenvalue weighted by Crippen LogP contribution is -2.51. The zero-order chi connectivity index (χ0) is 24.5. The van der Waals surface area contributed by atoms with Gasteiger partial charge in [-0.05, 0) is 43.0 Å². The molecule has 0 radical (unpaired) electrons. The van der Waals surface area contributed by atoms with Crippen molar-refractivity contribution in [2.75, 3.05) is 18.4 Å². The summed E-state index contributed by atoms with van der Waals surface area (Å²) >= 11 is 6.02. The number of likely N-dealkylation sites (tertiary alicyclic amines) is 1. The summed E-state index contributed by atoms with van der Waals surface area (Å²) in [5.74, 6) is -2.08. The van der Waals surface area contributed by atoms with Crippen molar-refractivity contribution < 1.29 is 18.0 Å². The Kier molecular flexibility index (Phi) is 6.34. The third-order valence-corrected chi connectivity index (χ3v) is 6.50. The minimum atomic E-state index is -0.946. The van der Waals surface area contributed by atoms with Gasteiger partial charge in [-0.15, -0.1) is 0 Å². The van der Waals surface area contributed by atoms with E-state index in [1.54, 1.807) is 29.2 Å². The van der Waals surface area contributed by atoms with E-state index in [2.05, 4.69) is 20.3 Å². The van der Waals surface area contributed by atoms with Gasteiger partial charge in [0.2, 0.25) is 0 Å². The quantitative estimate of drug-likeness (QED) is 0.388. The number of nitrogens with zero attached hydrogens (tertiary/aromatic N) is 4. The van der Waals surface area contributed by atoms with Crippen LogP contribution in [0, 0.1) is 17.6 Å². The number of hydrogen-bond donors (Lipinski definition) is 1. The number of carbonyl (C=O) groups is 1. The monoisotopic (exact) mass is 497 g/mol. The van der Waals surface area contributed by atoms with Gasteiger partial charge in [0, 0.05) is 48.2 Å². The lowest BCUT2D eigenvalue weighted by molar-refractivity contribution is 0.0535. The molecule has 1 amide bonds. The number of fused-ring (bicyclic) bond motifs is 1. The van der Waals surface area contributed by atoms with E-state index < -0.39 is 17.5 Å². The molecule has 1 saturated heterocycles. The first-order valence-corrected chi connectivity index (χ1v) is 11.7. The number of piperidine rings is 1. The van der Waals surface area contributed by atoms with Gasteiger partial charge in [-0.3, -0.25) is 4.79 Å². The predicted octanol–water partition coefficient (Wildman–Crippen LogP) is 5.57. The van der Waals surface area contributed by atoms with Crippen LogP contribution in [-0.2, 0) is 0 Å². The smallest absolute Gasteiger partial charge is 0.295 e. The lowest BCUT2D eigenvalue weighted by atomic mass is 9.89. The van der Waals surface area contributed by atoms with Crippen LogP contribution in [0.5, 0.6) is 0 Å². The number of nitrogens with one attached hydrogen (secondary N) is 1. The maximum atomic E-state index is 15.0. The van der Waals surface area contributed by atoms with Crippen LogP contribution < -0.4 is 5.32 Å². The van der Waals surface area contributed by atoms with Crippen LogP contribution in [0.2, 0.25) is 5.02 Å². The summed E-state index contributed by atoms with van der Waals surface area (Å²) in [6, 6.07) is 8.59. The van der Waals surface area contributed by atoms with Crippen molar-refractivity contribution in [2.24, 2.45) is 5.92 Å². The first-order chi connectivity index (χ1) is 16.9. The molecule has 0 aliphatic carbocycles. The van der Waals surface area contributed by atoms with Crippen LogP contribution >= 0.6 is 11.6 Å². The number of benzene rings is 2. The first-order valence-electron chi connectivity index (χ1n) is 11.3. The maximum absolute atomic E-state index is 15.0. The van der Waals surface area contributed by atoms with Crippen molar-refractivity contribution in [3.63, 3.8) is 0 Å². The Hall–Kier alpha value is -3.59. The molecular formula is C25H22ClF2N5O2. The molecule has 1 aliphatic rings. The average molecular weight is 498 g/mol. The summed E-state index contributed by atoms with van der Waals surface area (Å²) in [5, 5.41) is 3.71. The van der Waals surface area contributed by atoms with Gasteiger partial charge in [-0.1, -0.05) is 18.5 Å². The second-order valence-corrected chi connectivity index (χ2v) is 9.02. The Morgan fingerprint density at radius 3 is 2.83 bits per heavy atom. The van der Waals surface area contributed by atoms with Crippen molar-refractivity contribution in [3.8, 4) is 11.4 Å². The van der Waals surface area contributed by atoms with E-state index in [1.807, 2.05) is 6.92 Å². The van der Waals surface area contributed by atoms with Gasteiger partial charge < -0.3 is 14.6 Å².